The van der Waals surface area contributed by atoms with Crippen molar-refractivity contribution >= 4 is 29.9 Å². The number of aliphatic imine (C=N–C) groups is 1. The minimum Gasteiger partial charge on any atom is -0.492 e. The van der Waals surface area contributed by atoms with Crippen LogP contribution in [0.4, 0.5) is 0 Å². The van der Waals surface area contributed by atoms with Crippen molar-refractivity contribution in [3.8, 4) is 5.75 Å². The van der Waals surface area contributed by atoms with Gasteiger partial charge in [0.1, 0.15) is 18.1 Å². The monoisotopic (exact) mass is 529 g/mol. The first kappa shape index (κ1) is 24.4. The number of oxazole rings is 1. The second-order valence-corrected chi connectivity index (χ2v) is 6.98. The van der Waals surface area contributed by atoms with Gasteiger partial charge in [-0.3, -0.25) is 9.89 Å². The fourth-order valence-electron chi connectivity index (χ4n) is 3.04. The van der Waals surface area contributed by atoms with Gasteiger partial charge >= 0.3 is 0 Å². The summed E-state index contributed by atoms with van der Waals surface area (Å²) in [7, 11) is 1.74. The first-order valence-electron chi connectivity index (χ1n) is 10.0. The van der Waals surface area contributed by atoms with Gasteiger partial charge < -0.3 is 24.5 Å². The molecule has 0 radical (unpaired) electrons. The molecule has 8 nitrogen and oxygen atoms in total. The zero-order valence-corrected chi connectivity index (χ0v) is 20.3. The summed E-state index contributed by atoms with van der Waals surface area (Å²) in [6.45, 7) is 10.1. The molecule has 2 heterocycles. The molecule has 1 saturated heterocycles. The maximum atomic E-state index is 5.92. The van der Waals surface area contributed by atoms with E-state index in [-0.39, 0.29) is 24.0 Å². The third-order valence-corrected chi connectivity index (χ3v) is 4.84. The van der Waals surface area contributed by atoms with E-state index >= 15 is 0 Å². The fraction of sp³-hybridized carbons (Fsp3) is 0.524. The van der Waals surface area contributed by atoms with Gasteiger partial charge in [0.2, 0.25) is 5.89 Å². The van der Waals surface area contributed by atoms with Crippen LogP contribution in [0.2, 0.25) is 0 Å². The molecule has 0 aliphatic carbocycles. The highest BCUT2D eigenvalue weighted by Gasteiger charge is 2.10. The second-order valence-electron chi connectivity index (χ2n) is 6.98. The van der Waals surface area contributed by atoms with Gasteiger partial charge in [0.05, 0.1) is 25.5 Å². The molecule has 1 aliphatic heterocycles. The standard InChI is InChI=1S/C21H31N5O3.HI/c1-16-17(2)29-20(25-16)15-24-21(22-3)23-14-18-5-4-6-19(13-18)28-12-9-26-7-10-27-11-8-26;/h4-6,13H,7-12,14-15H2,1-3H3,(H2,22,23,24);1H. The van der Waals surface area contributed by atoms with Gasteiger partial charge in [-0.05, 0) is 31.5 Å². The SMILES string of the molecule is CN=C(NCc1cccc(OCCN2CCOCC2)c1)NCc1nc(C)c(C)o1.I. The van der Waals surface area contributed by atoms with Crippen LogP contribution in [0.25, 0.3) is 0 Å². The molecule has 0 amide bonds. The number of hydrogen-bond acceptors (Lipinski definition) is 6. The number of ether oxygens (including phenoxy) is 2. The van der Waals surface area contributed by atoms with Crippen molar-refractivity contribution in [1.29, 1.82) is 0 Å². The molecular weight excluding hydrogens is 497 g/mol. The Hall–Kier alpha value is -1.85. The summed E-state index contributed by atoms with van der Waals surface area (Å²) >= 11 is 0. The summed E-state index contributed by atoms with van der Waals surface area (Å²) < 4.78 is 16.9. The van der Waals surface area contributed by atoms with E-state index in [2.05, 4.69) is 37.6 Å². The lowest BCUT2D eigenvalue weighted by atomic mass is 10.2. The quantitative estimate of drug-likeness (QED) is 0.309. The Morgan fingerprint density at radius 2 is 1.97 bits per heavy atom. The largest absolute Gasteiger partial charge is 0.492 e. The number of nitrogens with zero attached hydrogens (tertiary/aromatic N) is 3. The first-order chi connectivity index (χ1) is 14.1. The molecule has 1 aromatic carbocycles. The number of hydrogen-bond donors (Lipinski definition) is 2. The van der Waals surface area contributed by atoms with E-state index in [1.807, 2.05) is 26.0 Å². The summed E-state index contributed by atoms with van der Waals surface area (Å²) in [5, 5.41) is 6.52. The van der Waals surface area contributed by atoms with Crippen molar-refractivity contribution in [1.82, 2.24) is 20.5 Å². The van der Waals surface area contributed by atoms with Crippen molar-refractivity contribution in [2.24, 2.45) is 4.99 Å². The van der Waals surface area contributed by atoms with Crippen molar-refractivity contribution in [2.45, 2.75) is 26.9 Å². The molecule has 1 aromatic heterocycles. The molecule has 2 N–H and O–H groups in total. The summed E-state index contributed by atoms with van der Waals surface area (Å²) in [6.07, 6.45) is 0. The maximum Gasteiger partial charge on any atom is 0.214 e. The molecule has 9 heteroatoms. The van der Waals surface area contributed by atoms with Gasteiger partial charge in [-0.25, -0.2) is 4.98 Å². The summed E-state index contributed by atoms with van der Waals surface area (Å²) in [6, 6.07) is 8.12. The van der Waals surface area contributed by atoms with Gasteiger partial charge in [-0.15, -0.1) is 24.0 Å². The zero-order valence-electron chi connectivity index (χ0n) is 17.9. The molecule has 0 unspecified atom stereocenters. The van der Waals surface area contributed by atoms with E-state index in [1.54, 1.807) is 7.05 Å². The lowest BCUT2D eigenvalue weighted by Gasteiger charge is -2.26. The Bertz CT molecular complexity index is 786. The van der Waals surface area contributed by atoms with Crippen LogP contribution in [0.5, 0.6) is 5.75 Å². The minimum atomic E-state index is 0. The van der Waals surface area contributed by atoms with Crippen LogP contribution in [0.1, 0.15) is 22.9 Å². The van der Waals surface area contributed by atoms with Crippen LogP contribution in [0.15, 0.2) is 33.7 Å². The number of aromatic nitrogens is 1. The molecule has 2 aromatic rings. The first-order valence-corrected chi connectivity index (χ1v) is 10.0. The summed E-state index contributed by atoms with van der Waals surface area (Å²) in [4.78, 5) is 11.0. The van der Waals surface area contributed by atoms with Gasteiger partial charge in [-0.1, -0.05) is 12.1 Å². The molecule has 3 rings (SSSR count). The average Bonchev–Trinajstić information content (AvgIpc) is 3.06. The highest BCUT2D eigenvalue weighted by Crippen LogP contribution is 2.13. The molecular formula is C21H32IN5O3. The number of nitrogens with one attached hydrogen (secondary N) is 2. The molecule has 0 atom stereocenters. The summed E-state index contributed by atoms with van der Waals surface area (Å²) in [5.41, 5.74) is 2.04. The van der Waals surface area contributed by atoms with Crippen LogP contribution < -0.4 is 15.4 Å². The third-order valence-electron chi connectivity index (χ3n) is 4.84. The molecule has 1 fully saturated rings. The van der Waals surface area contributed by atoms with Gasteiger partial charge in [0.25, 0.3) is 0 Å². The highest BCUT2D eigenvalue weighted by molar-refractivity contribution is 14.0. The highest BCUT2D eigenvalue weighted by atomic mass is 127. The number of morpholine rings is 1. The van der Waals surface area contributed by atoms with Crippen LogP contribution in [0, 0.1) is 13.8 Å². The predicted octanol–water partition coefficient (Wildman–Crippen LogP) is 2.49. The van der Waals surface area contributed by atoms with Gasteiger partial charge in [0, 0.05) is 33.2 Å². The zero-order chi connectivity index (χ0) is 20.5. The molecule has 1 aliphatic rings. The molecule has 0 saturated carbocycles. The lowest BCUT2D eigenvalue weighted by Crippen LogP contribution is -2.38. The second kappa shape index (κ2) is 12.8. The Morgan fingerprint density at radius 3 is 2.67 bits per heavy atom. The molecule has 0 spiro atoms. The Morgan fingerprint density at radius 1 is 1.20 bits per heavy atom. The lowest BCUT2D eigenvalue weighted by molar-refractivity contribution is 0.0322. The Labute approximate surface area is 195 Å². The van der Waals surface area contributed by atoms with Crippen molar-refractivity contribution < 1.29 is 13.9 Å². The normalized spacial score (nSPS) is 14.8. The third kappa shape index (κ3) is 7.77. The predicted molar refractivity (Wildman–Crippen MR) is 128 cm³/mol. The fourth-order valence-corrected chi connectivity index (χ4v) is 3.04. The van der Waals surface area contributed by atoms with E-state index < -0.39 is 0 Å². The van der Waals surface area contributed by atoms with Crippen molar-refractivity contribution in [2.75, 3.05) is 46.5 Å². The van der Waals surface area contributed by atoms with Crippen LogP contribution in [-0.2, 0) is 17.8 Å². The van der Waals surface area contributed by atoms with E-state index in [9.17, 15) is 0 Å². The Balaban J connectivity index is 0.00000320. The smallest absolute Gasteiger partial charge is 0.214 e. The molecule has 166 valence electrons. The Kier molecular flexibility index (Phi) is 10.4. The number of guanidine groups is 1. The average molecular weight is 529 g/mol. The van der Waals surface area contributed by atoms with Crippen LogP contribution >= 0.6 is 24.0 Å². The maximum absolute atomic E-state index is 5.92. The molecule has 30 heavy (non-hydrogen) atoms. The summed E-state index contributed by atoms with van der Waals surface area (Å²) in [5.74, 6) is 3.07. The van der Waals surface area contributed by atoms with Crippen molar-refractivity contribution in [3.63, 3.8) is 0 Å². The number of aryl methyl sites for hydroxylation is 2. The van der Waals surface area contributed by atoms with E-state index in [1.165, 1.54) is 0 Å². The molecule has 0 bridgehead atoms. The minimum absolute atomic E-state index is 0. The number of benzene rings is 1. The number of rotatable bonds is 8. The van der Waals surface area contributed by atoms with E-state index in [0.29, 0.717) is 31.5 Å². The van der Waals surface area contributed by atoms with Crippen LogP contribution in [0.3, 0.4) is 0 Å². The van der Waals surface area contributed by atoms with E-state index in [0.717, 1.165) is 55.6 Å². The van der Waals surface area contributed by atoms with Crippen molar-refractivity contribution in [3.05, 3.63) is 47.2 Å². The van der Waals surface area contributed by atoms with Crippen LogP contribution in [-0.4, -0.2) is 62.3 Å². The van der Waals surface area contributed by atoms with E-state index in [4.69, 9.17) is 13.9 Å². The van der Waals surface area contributed by atoms with Gasteiger partial charge in [0.15, 0.2) is 5.96 Å². The topological polar surface area (TPSA) is 84.2 Å². The van der Waals surface area contributed by atoms with Gasteiger partial charge in [-0.2, -0.15) is 0 Å². The number of halogens is 1.